The number of aliphatic hydroxyl groups excluding tert-OH is 1. The summed E-state index contributed by atoms with van der Waals surface area (Å²) in [4.78, 5) is 24.5. The molecule has 0 saturated heterocycles. The van der Waals surface area contributed by atoms with Crippen molar-refractivity contribution in [3.8, 4) is 0 Å². The van der Waals surface area contributed by atoms with Gasteiger partial charge in [0.15, 0.2) is 0 Å². The first-order valence-electron chi connectivity index (χ1n) is 6.37. The van der Waals surface area contributed by atoms with Gasteiger partial charge in [0.2, 0.25) is 11.8 Å². The first-order valence-corrected chi connectivity index (χ1v) is 6.37. The van der Waals surface area contributed by atoms with Crippen LogP contribution in [-0.4, -0.2) is 61.2 Å². The van der Waals surface area contributed by atoms with Gasteiger partial charge < -0.3 is 15.7 Å². The smallest absolute Gasteiger partial charge is 0.234 e. The van der Waals surface area contributed by atoms with Crippen LogP contribution >= 0.6 is 0 Å². The van der Waals surface area contributed by atoms with Crippen molar-refractivity contribution in [2.24, 2.45) is 0 Å². The molecule has 1 rings (SSSR count). The number of likely N-dealkylation sites (N-methyl/N-ethyl adjacent to an activating group) is 2. The number of nitrogens with one attached hydrogen (secondary N) is 2. The quantitative estimate of drug-likeness (QED) is 0.595. The Morgan fingerprint density at radius 3 is 2.28 bits per heavy atom. The zero-order valence-corrected chi connectivity index (χ0v) is 11.1. The number of nitrogens with zero attached hydrogens (tertiary/aromatic N) is 1. The minimum absolute atomic E-state index is 0.0669. The summed E-state index contributed by atoms with van der Waals surface area (Å²) in [6.07, 6.45) is 2.94. The molecular weight excluding hydrogens is 234 g/mol. The van der Waals surface area contributed by atoms with Gasteiger partial charge in [-0.1, -0.05) is 0 Å². The van der Waals surface area contributed by atoms with Gasteiger partial charge in [-0.2, -0.15) is 0 Å². The van der Waals surface area contributed by atoms with Crippen molar-refractivity contribution in [1.29, 1.82) is 0 Å². The molecule has 0 aromatic rings. The van der Waals surface area contributed by atoms with E-state index in [9.17, 15) is 14.7 Å². The molecule has 1 saturated carbocycles. The van der Waals surface area contributed by atoms with Crippen LogP contribution in [0.15, 0.2) is 0 Å². The summed E-state index contributed by atoms with van der Waals surface area (Å²) in [5.74, 6) is -0.172. The molecule has 0 unspecified atom stereocenters. The summed E-state index contributed by atoms with van der Waals surface area (Å²) in [6.45, 7) is 0.430. The predicted molar refractivity (Wildman–Crippen MR) is 68.0 cm³/mol. The second-order valence-electron chi connectivity index (χ2n) is 4.92. The molecule has 6 nitrogen and oxygen atoms in total. The first kappa shape index (κ1) is 14.9. The minimum atomic E-state index is -0.214. The van der Waals surface area contributed by atoms with Gasteiger partial charge >= 0.3 is 0 Å². The molecule has 1 fully saturated rings. The van der Waals surface area contributed by atoms with Crippen LogP contribution in [0, 0.1) is 0 Å². The van der Waals surface area contributed by atoms with Crippen molar-refractivity contribution in [2.75, 3.05) is 27.2 Å². The average molecular weight is 257 g/mol. The highest BCUT2D eigenvalue weighted by molar-refractivity contribution is 5.81. The molecule has 0 radical (unpaired) electrons. The maximum absolute atomic E-state index is 11.7. The monoisotopic (exact) mass is 257 g/mol. The third-order valence-electron chi connectivity index (χ3n) is 3.17. The normalized spacial score (nSPS) is 23.8. The molecule has 2 amide bonds. The second-order valence-corrected chi connectivity index (χ2v) is 4.92. The third kappa shape index (κ3) is 5.46. The van der Waals surface area contributed by atoms with E-state index in [2.05, 4.69) is 10.6 Å². The van der Waals surface area contributed by atoms with Crippen LogP contribution in [-0.2, 0) is 9.59 Å². The van der Waals surface area contributed by atoms with E-state index in [1.807, 2.05) is 0 Å². The van der Waals surface area contributed by atoms with Gasteiger partial charge in [0, 0.05) is 13.1 Å². The zero-order chi connectivity index (χ0) is 13.5. The van der Waals surface area contributed by atoms with Crippen LogP contribution in [0.25, 0.3) is 0 Å². The maximum atomic E-state index is 11.7. The van der Waals surface area contributed by atoms with Gasteiger partial charge in [-0.05, 0) is 32.7 Å². The van der Waals surface area contributed by atoms with E-state index >= 15 is 0 Å². The lowest BCUT2D eigenvalue weighted by atomic mass is 9.93. The largest absolute Gasteiger partial charge is 0.393 e. The molecule has 6 heteroatoms. The van der Waals surface area contributed by atoms with Crippen molar-refractivity contribution in [3.05, 3.63) is 0 Å². The lowest BCUT2D eigenvalue weighted by molar-refractivity contribution is -0.125. The molecule has 1 aliphatic carbocycles. The van der Waals surface area contributed by atoms with Crippen LogP contribution in [0.1, 0.15) is 25.7 Å². The molecule has 3 N–H and O–H groups in total. The molecule has 18 heavy (non-hydrogen) atoms. The Kier molecular flexibility index (Phi) is 6.07. The van der Waals surface area contributed by atoms with E-state index in [1.165, 1.54) is 0 Å². The van der Waals surface area contributed by atoms with Gasteiger partial charge in [0.1, 0.15) is 0 Å². The molecule has 0 aromatic heterocycles. The average Bonchev–Trinajstić information content (AvgIpc) is 2.31. The fourth-order valence-electron chi connectivity index (χ4n) is 2.12. The summed E-state index contributed by atoms with van der Waals surface area (Å²) in [6, 6.07) is 0.161. The number of carbonyl (C=O) groups excluding carboxylic acids is 2. The van der Waals surface area contributed by atoms with Crippen molar-refractivity contribution in [3.63, 3.8) is 0 Å². The summed E-state index contributed by atoms with van der Waals surface area (Å²) in [5.41, 5.74) is 0. The van der Waals surface area contributed by atoms with Gasteiger partial charge in [-0.15, -0.1) is 0 Å². The summed E-state index contributed by atoms with van der Waals surface area (Å²) < 4.78 is 0. The Bertz CT molecular complexity index is 288. The zero-order valence-electron chi connectivity index (χ0n) is 11.1. The number of rotatable bonds is 5. The van der Waals surface area contributed by atoms with Crippen molar-refractivity contribution in [2.45, 2.75) is 37.8 Å². The van der Waals surface area contributed by atoms with Crippen molar-refractivity contribution in [1.82, 2.24) is 15.5 Å². The molecule has 104 valence electrons. The fraction of sp³-hybridized carbons (Fsp3) is 0.833. The molecule has 0 heterocycles. The predicted octanol–water partition coefficient (Wildman–Crippen LogP) is -0.916. The highest BCUT2D eigenvalue weighted by atomic mass is 16.3. The van der Waals surface area contributed by atoms with E-state index in [4.69, 9.17) is 0 Å². The minimum Gasteiger partial charge on any atom is -0.393 e. The van der Waals surface area contributed by atoms with E-state index in [0.29, 0.717) is 0 Å². The van der Waals surface area contributed by atoms with Gasteiger partial charge in [-0.25, -0.2) is 0 Å². The van der Waals surface area contributed by atoms with E-state index in [-0.39, 0.29) is 37.0 Å². The lowest BCUT2D eigenvalue weighted by Crippen LogP contribution is -2.44. The van der Waals surface area contributed by atoms with Crippen LogP contribution in [0.4, 0.5) is 0 Å². The van der Waals surface area contributed by atoms with E-state index in [1.54, 1.807) is 19.0 Å². The number of amides is 2. The van der Waals surface area contributed by atoms with E-state index < -0.39 is 0 Å². The Morgan fingerprint density at radius 1 is 1.17 bits per heavy atom. The third-order valence-corrected chi connectivity index (χ3v) is 3.17. The molecule has 0 atom stereocenters. The summed E-state index contributed by atoms with van der Waals surface area (Å²) in [5, 5.41) is 14.8. The Morgan fingerprint density at radius 2 is 1.72 bits per heavy atom. The van der Waals surface area contributed by atoms with Crippen LogP contribution in [0.2, 0.25) is 0 Å². The number of hydrogen-bond donors (Lipinski definition) is 3. The maximum Gasteiger partial charge on any atom is 0.234 e. The SMILES string of the molecule is CNC(=O)CN(C)CC(=O)NC1CCC(O)CC1. The molecule has 0 aromatic carbocycles. The van der Waals surface area contributed by atoms with Gasteiger partial charge in [0.05, 0.1) is 19.2 Å². The Hall–Kier alpha value is -1.14. The van der Waals surface area contributed by atoms with Crippen molar-refractivity contribution < 1.29 is 14.7 Å². The molecule has 0 aliphatic heterocycles. The Balaban J connectivity index is 2.22. The highest BCUT2D eigenvalue weighted by Crippen LogP contribution is 2.18. The van der Waals surface area contributed by atoms with Crippen LogP contribution in [0.3, 0.4) is 0 Å². The first-order chi connectivity index (χ1) is 8.51. The molecule has 1 aliphatic rings. The van der Waals surface area contributed by atoms with Crippen LogP contribution < -0.4 is 10.6 Å². The molecular formula is C12H23N3O3. The lowest BCUT2D eigenvalue weighted by Gasteiger charge is -2.27. The summed E-state index contributed by atoms with van der Waals surface area (Å²) in [7, 11) is 3.31. The standard InChI is InChI=1S/C12H23N3O3/c1-13-11(17)7-15(2)8-12(18)14-9-3-5-10(16)6-4-9/h9-10,16H,3-8H2,1-2H3,(H,13,17)(H,14,18). The fourth-order valence-corrected chi connectivity index (χ4v) is 2.12. The van der Waals surface area contributed by atoms with Crippen molar-refractivity contribution >= 4 is 11.8 Å². The van der Waals surface area contributed by atoms with Crippen LogP contribution in [0.5, 0.6) is 0 Å². The van der Waals surface area contributed by atoms with E-state index in [0.717, 1.165) is 25.7 Å². The van der Waals surface area contributed by atoms with Gasteiger partial charge in [-0.3, -0.25) is 14.5 Å². The topological polar surface area (TPSA) is 81.7 Å². The number of hydrogen-bond acceptors (Lipinski definition) is 4. The Labute approximate surface area is 108 Å². The number of carbonyl (C=O) groups is 2. The second kappa shape index (κ2) is 7.33. The molecule has 0 bridgehead atoms. The highest BCUT2D eigenvalue weighted by Gasteiger charge is 2.21. The van der Waals surface area contributed by atoms with Gasteiger partial charge in [0.25, 0.3) is 0 Å². The summed E-state index contributed by atoms with van der Waals surface area (Å²) >= 11 is 0. The molecule has 0 spiro atoms. The number of aliphatic hydroxyl groups is 1.